The Bertz CT molecular complexity index is 1270. The van der Waals surface area contributed by atoms with Gasteiger partial charge in [-0.25, -0.2) is 22.5 Å². The molecule has 0 unspecified atom stereocenters. The fraction of sp³-hybridized carbons (Fsp3) is 0.0500. The monoisotopic (exact) mass is 465 g/mol. The number of benzene rings is 3. The number of aliphatic imine (C=N–C) groups is 1. The zero-order chi connectivity index (χ0) is 21.3. The van der Waals surface area contributed by atoms with E-state index < -0.39 is 15.8 Å². The Balaban J connectivity index is 1.69. The van der Waals surface area contributed by atoms with Crippen LogP contribution in [0.15, 0.2) is 70.6 Å². The average Bonchev–Trinajstić information content (AvgIpc) is 2.71. The van der Waals surface area contributed by atoms with E-state index in [-0.39, 0.29) is 39.4 Å². The molecule has 10 heteroatoms. The van der Waals surface area contributed by atoms with Gasteiger partial charge in [0, 0.05) is 5.56 Å². The number of anilines is 1. The van der Waals surface area contributed by atoms with Crippen LogP contribution in [0.25, 0.3) is 0 Å². The van der Waals surface area contributed by atoms with Crippen LogP contribution in [0.4, 0.5) is 10.1 Å². The van der Waals surface area contributed by atoms with Gasteiger partial charge >= 0.3 is 0 Å². The van der Waals surface area contributed by atoms with Crippen LogP contribution in [0.5, 0.6) is 11.5 Å². The number of fused-ring (bicyclic) bond motifs is 1. The Hall–Kier alpha value is -2.81. The van der Waals surface area contributed by atoms with Crippen LogP contribution in [0.2, 0.25) is 10.0 Å². The van der Waals surface area contributed by atoms with Crippen molar-refractivity contribution in [1.29, 1.82) is 0 Å². The average molecular weight is 466 g/mol. The minimum Gasteiger partial charge on any atom is -0.454 e. The molecule has 1 heterocycles. The van der Waals surface area contributed by atoms with E-state index in [1.54, 1.807) is 42.5 Å². The van der Waals surface area contributed by atoms with E-state index in [2.05, 4.69) is 15.0 Å². The number of hydrogen-bond acceptors (Lipinski definition) is 4. The van der Waals surface area contributed by atoms with E-state index in [4.69, 9.17) is 27.9 Å². The number of guanidine groups is 1. The third kappa shape index (κ3) is 4.07. The number of halogens is 3. The van der Waals surface area contributed by atoms with Gasteiger partial charge in [-0.2, -0.15) is 0 Å². The lowest BCUT2D eigenvalue weighted by atomic mass is 10.2. The lowest BCUT2D eigenvalue weighted by molar-refractivity contribution is 0.483. The molecule has 0 spiro atoms. The lowest BCUT2D eigenvalue weighted by Crippen LogP contribution is -2.40. The number of rotatable bonds is 4. The molecule has 0 aliphatic carbocycles. The van der Waals surface area contributed by atoms with Crippen molar-refractivity contribution < 1.29 is 17.5 Å². The first kappa shape index (κ1) is 20.5. The van der Waals surface area contributed by atoms with Crippen molar-refractivity contribution in [3.05, 3.63) is 82.1 Å². The summed E-state index contributed by atoms with van der Waals surface area (Å²) in [4.78, 5) is 4.14. The zero-order valence-corrected chi connectivity index (χ0v) is 17.5. The summed E-state index contributed by atoms with van der Waals surface area (Å²) in [5, 5.41) is 3.24. The van der Waals surface area contributed by atoms with Crippen molar-refractivity contribution >= 4 is 44.9 Å². The summed E-state index contributed by atoms with van der Waals surface area (Å²) in [7, 11) is -3.91. The van der Waals surface area contributed by atoms with Crippen LogP contribution in [0, 0.1) is 5.82 Å². The molecule has 0 fully saturated rings. The van der Waals surface area contributed by atoms with Gasteiger partial charge in [0.25, 0.3) is 10.0 Å². The molecule has 30 heavy (non-hydrogen) atoms. The minimum absolute atomic E-state index is 0.0139. The third-order valence-electron chi connectivity index (χ3n) is 4.25. The Morgan fingerprint density at radius 1 is 0.933 bits per heavy atom. The molecule has 2 N–H and O–H groups in total. The van der Waals surface area contributed by atoms with Crippen LogP contribution in [-0.2, 0) is 16.6 Å². The number of nitrogens with zero attached hydrogens (tertiary/aromatic N) is 1. The summed E-state index contributed by atoms with van der Waals surface area (Å²) in [5.74, 6) is -0.0699. The summed E-state index contributed by atoms with van der Waals surface area (Å²) >= 11 is 11.9. The molecule has 0 atom stereocenters. The van der Waals surface area contributed by atoms with Crippen LogP contribution in [0.1, 0.15) is 5.56 Å². The van der Waals surface area contributed by atoms with Gasteiger partial charge in [0.1, 0.15) is 22.1 Å². The largest absolute Gasteiger partial charge is 0.454 e. The van der Waals surface area contributed by atoms with Crippen LogP contribution in [0.3, 0.4) is 0 Å². The summed E-state index contributed by atoms with van der Waals surface area (Å²) in [6.07, 6.45) is 0. The van der Waals surface area contributed by atoms with Gasteiger partial charge in [0.2, 0.25) is 5.96 Å². The second-order valence-corrected chi connectivity index (χ2v) is 8.74. The van der Waals surface area contributed by atoms with Crippen LogP contribution >= 0.6 is 23.2 Å². The molecule has 0 saturated heterocycles. The molecular formula is C20H14Cl2FN3O3S. The molecule has 0 amide bonds. The van der Waals surface area contributed by atoms with Crippen molar-refractivity contribution in [1.82, 2.24) is 4.72 Å². The van der Waals surface area contributed by atoms with E-state index in [1.165, 1.54) is 18.2 Å². The van der Waals surface area contributed by atoms with Crippen molar-refractivity contribution in [2.24, 2.45) is 4.99 Å². The molecule has 1 aliphatic rings. The molecule has 0 aromatic heterocycles. The van der Waals surface area contributed by atoms with Crippen molar-refractivity contribution in [3.63, 3.8) is 0 Å². The molecule has 154 valence electrons. The molecule has 0 bridgehead atoms. The van der Waals surface area contributed by atoms with E-state index in [1.807, 2.05) is 0 Å². The third-order valence-corrected chi connectivity index (χ3v) is 6.23. The fourth-order valence-corrected chi connectivity index (χ4v) is 4.35. The quantitative estimate of drug-likeness (QED) is 0.555. The first-order valence-corrected chi connectivity index (χ1v) is 10.9. The van der Waals surface area contributed by atoms with Crippen LogP contribution in [-0.4, -0.2) is 14.4 Å². The second-order valence-electron chi connectivity index (χ2n) is 6.27. The maximum atomic E-state index is 14.1. The molecule has 1 aliphatic heterocycles. The van der Waals surface area contributed by atoms with Gasteiger partial charge in [0.05, 0.1) is 16.6 Å². The molecule has 0 saturated carbocycles. The lowest BCUT2D eigenvalue weighted by Gasteiger charge is -2.23. The summed E-state index contributed by atoms with van der Waals surface area (Å²) in [6.45, 7) is -0.125. The normalized spacial score (nSPS) is 15.8. The smallest absolute Gasteiger partial charge is 0.266 e. The topological polar surface area (TPSA) is 79.8 Å². The number of nitrogens with one attached hydrogen (secondary N) is 2. The number of hydrogen-bond donors (Lipinski definition) is 2. The second kappa shape index (κ2) is 8.14. The van der Waals surface area contributed by atoms with Gasteiger partial charge in [-0.05, 0) is 30.3 Å². The molecule has 6 nitrogen and oxygen atoms in total. The highest BCUT2D eigenvalue weighted by molar-refractivity contribution is 7.90. The summed E-state index contributed by atoms with van der Waals surface area (Å²) < 4.78 is 47.6. The van der Waals surface area contributed by atoms with E-state index >= 15 is 0 Å². The van der Waals surface area contributed by atoms with Gasteiger partial charge < -0.3 is 10.1 Å². The maximum absolute atomic E-state index is 14.1. The Morgan fingerprint density at radius 3 is 2.43 bits per heavy atom. The van der Waals surface area contributed by atoms with Crippen molar-refractivity contribution in [2.45, 2.75) is 11.4 Å². The summed E-state index contributed by atoms with van der Waals surface area (Å²) in [6, 6.07) is 15.9. The Kier molecular flexibility index (Phi) is 5.55. The maximum Gasteiger partial charge on any atom is 0.266 e. The fourth-order valence-electron chi connectivity index (χ4n) is 2.82. The molecular weight excluding hydrogens is 452 g/mol. The number of sulfonamides is 1. The predicted molar refractivity (Wildman–Crippen MR) is 114 cm³/mol. The number of ether oxygens (including phenoxy) is 1. The minimum atomic E-state index is -3.91. The Labute approximate surface area is 182 Å². The highest BCUT2D eigenvalue weighted by atomic mass is 35.5. The first-order chi connectivity index (χ1) is 14.3. The highest BCUT2D eigenvalue weighted by Crippen LogP contribution is 2.38. The molecule has 4 rings (SSSR count). The Morgan fingerprint density at radius 2 is 1.63 bits per heavy atom. The molecule has 3 aromatic carbocycles. The SMILES string of the molecule is O=S1(=O)NC(=NCc2cccc(Cl)c2F)Nc2c(Oc3ccccc3Cl)cccc21. The zero-order valence-electron chi connectivity index (χ0n) is 15.2. The number of para-hydroxylation sites is 2. The van der Waals surface area contributed by atoms with Gasteiger partial charge in [0.15, 0.2) is 5.75 Å². The van der Waals surface area contributed by atoms with Crippen molar-refractivity contribution in [3.8, 4) is 11.5 Å². The molecule has 3 aromatic rings. The first-order valence-electron chi connectivity index (χ1n) is 8.68. The van der Waals surface area contributed by atoms with Gasteiger partial charge in [-0.15, -0.1) is 0 Å². The highest BCUT2D eigenvalue weighted by Gasteiger charge is 2.29. The van der Waals surface area contributed by atoms with E-state index in [0.29, 0.717) is 10.8 Å². The van der Waals surface area contributed by atoms with Crippen LogP contribution < -0.4 is 14.8 Å². The van der Waals surface area contributed by atoms with Crippen molar-refractivity contribution in [2.75, 3.05) is 5.32 Å². The summed E-state index contributed by atoms with van der Waals surface area (Å²) in [5.41, 5.74) is 0.420. The standard InChI is InChI=1S/C20H14Cl2FN3O3S/c21-13-6-1-2-8-15(13)29-16-9-4-10-17-19(16)25-20(26-30(17,27)28)24-11-12-5-3-7-14(22)18(12)23/h1-10H,11H2,(H2,24,25,26). The van der Waals surface area contributed by atoms with Gasteiger partial charge in [-0.3, -0.25) is 0 Å². The predicted octanol–water partition coefficient (Wildman–Crippen LogP) is 5.18. The molecule has 0 radical (unpaired) electrons. The van der Waals surface area contributed by atoms with E-state index in [9.17, 15) is 12.8 Å². The van der Waals surface area contributed by atoms with E-state index in [0.717, 1.165) is 0 Å². The van der Waals surface area contributed by atoms with Gasteiger partial charge in [-0.1, -0.05) is 53.5 Å².